The molecule has 0 saturated heterocycles. The first-order valence-corrected chi connectivity index (χ1v) is 8.20. The quantitative estimate of drug-likeness (QED) is 0.781. The van der Waals surface area contributed by atoms with E-state index in [2.05, 4.69) is 23.5 Å². The molecule has 3 nitrogen and oxygen atoms in total. The van der Waals surface area contributed by atoms with Gasteiger partial charge in [-0.25, -0.2) is 0 Å². The van der Waals surface area contributed by atoms with E-state index in [0.717, 1.165) is 18.4 Å². The number of nitrogens with two attached hydrogens (primary N) is 1. The summed E-state index contributed by atoms with van der Waals surface area (Å²) in [4.78, 5) is 13.0. The molecule has 0 saturated carbocycles. The number of allylic oxidation sites excluding steroid dienone is 4. The van der Waals surface area contributed by atoms with Crippen LogP contribution in [0.3, 0.4) is 0 Å². The lowest BCUT2D eigenvalue weighted by Gasteiger charge is -2.06. The average Bonchev–Trinajstić information content (AvgIpc) is 2.97. The van der Waals surface area contributed by atoms with Crippen molar-refractivity contribution in [3.63, 3.8) is 0 Å². The summed E-state index contributed by atoms with van der Waals surface area (Å²) in [5.74, 6) is -0.154. The highest BCUT2D eigenvalue weighted by atomic mass is 35.5. The number of anilines is 2. The fourth-order valence-corrected chi connectivity index (χ4v) is 3.37. The molecule has 0 unspecified atom stereocenters. The first-order valence-electron chi connectivity index (χ1n) is 6.95. The van der Waals surface area contributed by atoms with E-state index in [1.165, 1.54) is 16.9 Å². The Morgan fingerprint density at radius 3 is 2.82 bits per heavy atom. The van der Waals surface area contributed by atoms with Gasteiger partial charge in [0.15, 0.2) is 0 Å². The maximum atomic E-state index is 12.3. The van der Waals surface area contributed by atoms with Gasteiger partial charge in [-0.1, -0.05) is 29.8 Å². The zero-order chi connectivity index (χ0) is 15.5. The molecule has 0 bridgehead atoms. The number of hydrogen-bond donors (Lipinski definition) is 2. The van der Waals surface area contributed by atoms with Crippen molar-refractivity contribution in [1.29, 1.82) is 0 Å². The Morgan fingerprint density at radius 2 is 2.09 bits per heavy atom. The summed E-state index contributed by atoms with van der Waals surface area (Å²) in [6, 6.07) is 6.92. The van der Waals surface area contributed by atoms with Crippen molar-refractivity contribution in [1.82, 2.24) is 0 Å². The van der Waals surface area contributed by atoms with E-state index in [4.69, 9.17) is 17.3 Å². The van der Waals surface area contributed by atoms with E-state index in [1.54, 1.807) is 18.2 Å². The topological polar surface area (TPSA) is 55.1 Å². The van der Waals surface area contributed by atoms with Gasteiger partial charge >= 0.3 is 0 Å². The molecule has 0 atom stereocenters. The van der Waals surface area contributed by atoms with Crippen LogP contribution in [0.15, 0.2) is 47.9 Å². The monoisotopic (exact) mass is 330 g/mol. The molecule has 1 aliphatic carbocycles. The lowest BCUT2D eigenvalue weighted by Crippen LogP contribution is -2.10. The van der Waals surface area contributed by atoms with Crippen molar-refractivity contribution in [2.75, 3.05) is 11.1 Å². The lowest BCUT2D eigenvalue weighted by molar-refractivity contribution is 0.103. The van der Waals surface area contributed by atoms with Gasteiger partial charge in [0.25, 0.3) is 5.91 Å². The standard InChI is InChI=1S/C17H15ClN2OS/c18-13-7-14(19)9-15(8-13)20-17(21)16-6-12(10-22-16)11-4-2-1-3-5-11/h2,4-10H,1,3,19H2,(H,20,21). The van der Waals surface area contributed by atoms with Gasteiger partial charge in [-0.05, 0) is 53.6 Å². The van der Waals surface area contributed by atoms with E-state index >= 15 is 0 Å². The summed E-state index contributed by atoms with van der Waals surface area (Å²) < 4.78 is 0. The summed E-state index contributed by atoms with van der Waals surface area (Å²) in [6.07, 6.45) is 8.58. The number of nitrogen functional groups attached to an aromatic ring is 1. The predicted octanol–water partition coefficient (Wildman–Crippen LogP) is 4.97. The second-order valence-corrected chi connectivity index (χ2v) is 6.41. The first kappa shape index (κ1) is 14.9. The minimum absolute atomic E-state index is 0.154. The second-order valence-electron chi connectivity index (χ2n) is 5.07. The Labute approximate surface area is 138 Å². The smallest absolute Gasteiger partial charge is 0.265 e. The molecule has 0 aliphatic heterocycles. The van der Waals surface area contributed by atoms with Crippen molar-refractivity contribution in [2.45, 2.75) is 12.8 Å². The van der Waals surface area contributed by atoms with Crippen molar-refractivity contribution < 1.29 is 4.79 Å². The molecule has 1 amide bonds. The number of rotatable bonds is 3. The van der Waals surface area contributed by atoms with Gasteiger partial charge in [-0.2, -0.15) is 0 Å². The number of carbonyl (C=O) groups is 1. The fourth-order valence-electron chi connectivity index (χ4n) is 2.31. The predicted molar refractivity (Wildman–Crippen MR) is 94.5 cm³/mol. The van der Waals surface area contributed by atoms with Gasteiger partial charge in [-0.3, -0.25) is 4.79 Å². The molecule has 3 N–H and O–H groups in total. The lowest BCUT2D eigenvalue weighted by atomic mass is 10.0. The maximum absolute atomic E-state index is 12.3. The van der Waals surface area contributed by atoms with Crippen LogP contribution in [0.4, 0.5) is 11.4 Å². The van der Waals surface area contributed by atoms with Crippen LogP contribution in [-0.4, -0.2) is 5.91 Å². The summed E-state index contributed by atoms with van der Waals surface area (Å²) in [7, 11) is 0. The summed E-state index contributed by atoms with van der Waals surface area (Å²) in [6.45, 7) is 0. The molecule has 1 aliphatic rings. The molecular weight excluding hydrogens is 316 g/mol. The van der Waals surface area contributed by atoms with Crippen LogP contribution in [0, 0.1) is 0 Å². The number of carbonyl (C=O) groups excluding carboxylic acids is 1. The third kappa shape index (κ3) is 3.40. The average molecular weight is 331 g/mol. The van der Waals surface area contributed by atoms with E-state index in [9.17, 15) is 4.79 Å². The zero-order valence-corrected chi connectivity index (χ0v) is 13.4. The summed E-state index contributed by atoms with van der Waals surface area (Å²) in [5, 5.41) is 5.33. The molecule has 1 aromatic heterocycles. The SMILES string of the molecule is Nc1cc(Cl)cc(NC(=O)c2cc(C3=CCCC=C3)cs2)c1. The van der Waals surface area contributed by atoms with Crippen LogP contribution in [-0.2, 0) is 0 Å². The number of hydrogen-bond acceptors (Lipinski definition) is 3. The number of amides is 1. The highest BCUT2D eigenvalue weighted by Gasteiger charge is 2.12. The fraction of sp³-hybridized carbons (Fsp3) is 0.118. The minimum atomic E-state index is -0.154. The minimum Gasteiger partial charge on any atom is -0.399 e. The molecule has 5 heteroatoms. The number of benzene rings is 1. The summed E-state index contributed by atoms with van der Waals surface area (Å²) in [5.41, 5.74) is 9.10. The summed E-state index contributed by atoms with van der Waals surface area (Å²) >= 11 is 7.37. The normalized spacial score (nSPS) is 13.8. The third-order valence-electron chi connectivity index (χ3n) is 3.33. The molecule has 3 rings (SSSR count). The Kier molecular flexibility index (Phi) is 4.32. The number of nitrogens with one attached hydrogen (secondary N) is 1. The van der Waals surface area contributed by atoms with Gasteiger partial charge in [0.1, 0.15) is 0 Å². The Hall–Kier alpha value is -2.04. The Balaban J connectivity index is 1.77. The molecule has 0 spiro atoms. The van der Waals surface area contributed by atoms with Gasteiger partial charge < -0.3 is 11.1 Å². The van der Waals surface area contributed by atoms with Crippen molar-refractivity contribution in [2.24, 2.45) is 0 Å². The van der Waals surface area contributed by atoms with Crippen LogP contribution < -0.4 is 11.1 Å². The maximum Gasteiger partial charge on any atom is 0.265 e. The molecule has 2 aromatic rings. The third-order valence-corrected chi connectivity index (χ3v) is 4.48. The Bertz CT molecular complexity index is 756. The zero-order valence-electron chi connectivity index (χ0n) is 11.8. The second kappa shape index (κ2) is 6.38. The van der Waals surface area contributed by atoms with Crippen molar-refractivity contribution >= 4 is 45.8 Å². The molecule has 1 heterocycles. The van der Waals surface area contributed by atoms with Gasteiger partial charge in [0.05, 0.1) is 4.88 Å². The van der Waals surface area contributed by atoms with Crippen LogP contribution in [0.2, 0.25) is 5.02 Å². The van der Waals surface area contributed by atoms with Crippen LogP contribution in [0.25, 0.3) is 5.57 Å². The van der Waals surface area contributed by atoms with Crippen molar-refractivity contribution in [3.05, 3.63) is 63.3 Å². The first-order chi connectivity index (χ1) is 10.6. The highest BCUT2D eigenvalue weighted by molar-refractivity contribution is 7.12. The molecule has 22 heavy (non-hydrogen) atoms. The largest absolute Gasteiger partial charge is 0.399 e. The van der Waals surface area contributed by atoms with Gasteiger partial charge in [0, 0.05) is 16.4 Å². The van der Waals surface area contributed by atoms with Crippen molar-refractivity contribution in [3.8, 4) is 0 Å². The van der Waals surface area contributed by atoms with E-state index < -0.39 is 0 Å². The number of thiophene rings is 1. The number of halogens is 1. The highest BCUT2D eigenvalue weighted by Crippen LogP contribution is 2.27. The van der Waals surface area contributed by atoms with E-state index in [0.29, 0.717) is 21.3 Å². The Morgan fingerprint density at radius 1 is 1.23 bits per heavy atom. The van der Waals surface area contributed by atoms with Crippen LogP contribution >= 0.6 is 22.9 Å². The molecular formula is C17H15ClN2OS. The van der Waals surface area contributed by atoms with Gasteiger partial charge in [0.2, 0.25) is 0 Å². The molecule has 0 fully saturated rings. The van der Waals surface area contributed by atoms with E-state index in [1.807, 2.05) is 11.4 Å². The molecule has 0 radical (unpaired) electrons. The van der Waals surface area contributed by atoms with Crippen LogP contribution in [0.5, 0.6) is 0 Å². The van der Waals surface area contributed by atoms with E-state index in [-0.39, 0.29) is 5.91 Å². The van der Waals surface area contributed by atoms with Crippen LogP contribution in [0.1, 0.15) is 28.1 Å². The molecule has 1 aromatic carbocycles. The van der Waals surface area contributed by atoms with Gasteiger partial charge in [-0.15, -0.1) is 11.3 Å². The molecule has 112 valence electrons.